The Labute approximate surface area is 148 Å². The second-order valence-corrected chi connectivity index (χ2v) is 5.68. The van der Waals surface area contributed by atoms with Crippen LogP contribution >= 0.6 is 0 Å². The molecule has 5 heteroatoms. The molecule has 0 fully saturated rings. The number of benzene rings is 2. The summed E-state index contributed by atoms with van der Waals surface area (Å²) in [6.07, 6.45) is 0.689. The summed E-state index contributed by atoms with van der Waals surface area (Å²) >= 11 is 0. The number of nitrogens with two attached hydrogens (primary N) is 1. The van der Waals surface area contributed by atoms with Gasteiger partial charge < -0.3 is 19.9 Å². The molecule has 0 spiro atoms. The predicted octanol–water partition coefficient (Wildman–Crippen LogP) is 3.92. The number of hydrogen-bond acceptors (Lipinski definition) is 4. The summed E-state index contributed by atoms with van der Waals surface area (Å²) in [5.74, 6) is 1.32. The molecule has 0 radical (unpaired) electrons. The Morgan fingerprint density at radius 1 is 0.960 bits per heavy atom. The van der Waals surface area contributed by atoms with Gasteiger partial charge in [-0.05, 0) is 62.2 Å². The molecular formula is C20H26FNO3. The van der Waals surface area contributed by atoms with Crippen LogP contribution in [-0.2, 0) is 6.42 Å². The van der Waals surface area contributed by atoms with Crippen LogP contribution in [0.2, 0.25) is 0 Å². The number of ether oxygens (including phenoxy) is 3. The number of halogens is 1. The monoisotopic (exact) mass is 347 g/mol. The summed E-state index contributed by atoms with van der Waals surface area (Å²) in [5.41, 5.74) is 7.86. The minimum Gasteiger partial charge on any atom is -0.494 e. The molecule has 0 amide bonds. The Morgan fingerprint density at radius 2 is 1.64 bits per heavy atom. The van der Waals surface area contributed by atoms with Crippen molar-refractivity contribution < 1.29 is 18.6 Å². The lowest BCUT2D eigenvalue weighted by molar-refractivity contribution is 0.287. The van der Waals surface area contributed by atoms with Gasteiger partial charge >= 0.3 is 0 Å². The smallest absolute Gasteiger partial charge is 0.165 e. The van der Waals surface area contributed by atoms with E-state index in [2.05, 4.69) is 0 Å². The first-order valence-electron chi connectivity index (χ1n) is 8.54. The van der Waals surface area contributed by atoms with E-state index in [1.165, 1.54) is 13.2 Å². The van der Waals surface area contributed by atoms with Crippen LogP contribution in [0, 0.1) is 5.82 Å². The first-order chi connectivity index (χ1) is 12.1. The average molecular weight is 347 g/mol. The second kappa shape index (κ2) is 9.28. The van der Waals surface area contributed by atoms with Crippen LogP contribution < -0.4 is 19.9 Å². The fourth-order valence-electron chi connectivity index (χ4n) is 2.78. The van der Waals surface area contributed by atoms with E-state index in [0.29, 0.717) is 26.2 Å². The lowest BCUT2D eigenvalue weighted by Crippen LogP contribution is -2.15. The molecule has 0 saturated heterocycles. The zero-order valence-electron chi connectivity index (χ0n) is 15.0. The summed E-state index contributed by atoms with van der Waals surface area (Å²) in [7, 11) is 1.45. The van der Waals surface area contributed by atoms with Gasteiger partial charge in [-0.3, -0.25) is 0 Å². The van der Waals surface area contributed by atoms with E-state index >= 15 is 0 Å². The third kappa shape index (κ3) is 4.86. The van der Waals surface area contributed by atoms with Gasteiger partial charge in [0, 0.05) is 5.92 Å². The minimum atomic E-state index is -0.375. The van der Waals surface area contributed by atoms with Crippen LogP contribution in [0.5, 0.6) is 17.2 Å². The van der Waals surface area contributed by atoms with Crippen molar-refractivity contribution in [3.63, 3.8) is 0 Å². The van der Waals surface area contributed by atoms with Crippen molar-refractivity contribution in [2.45, 2.75) is 26.2 Å². The van der Waals surface area contributed by atoms with E-state index in [-0.39, 0.29) is 17.5 Å². The Hall–Kier alpha value is -2.27. The highest BCUT2D eigenvalue weighted by molar-refractivity contribution is 5.44. The maximum Gasteiger partial charge on any atom is 0.165 e. The van der Waals surface area contributed by atoms with Gasteiger partial charge in [-0.2, -0.15) is 0 Å². The Kier molecular flexibility index (Phi) is 7.07. The van der Waals surface area contributed by atoms with Crippen LogP contribution in [0.4, 0.5) is 4.39 Å². The highest BCUT2D eigenvalue weighted by atomic mass is 19.1. The van der Waals surface area contributed by atoms with Gasteiger partial charge in [-0.25, -0.2) is 4.39 Å². The molecule has 0 bridgehead atoms. The molecule has 0 heterocycles. The van der Waals surface area contributed by atoms with Gasteiger partial charge in [0.1, 0.15) is 0 Å². The van der Waals surface area contributed by atoms with Gasteiger partial charge in [-0.15, -0.1) is 0 Å². The third-order valence-electron chi connectivity index (χ3n) is 4.02. The molecule has 2 aromatic carbocycles. The van der Waals surface area contributed by atoms with Crippen molar-refractivity contribution in [1.82, 2.24) is 0 Å². The van der Waals surface area contributed by atoms with Crippen LogP contribution in [0.15, 0.2) is 36.4 Å². The van der Waals surface area contributed by atoms with Gasteiger partial charge in [-0.1, -0.05) is 12.1 Å². The molecule has 1 atom stereocenters. The lowest BCUT2D eigenvalue weighted by Gasteiger charge is -2.18. The van der Waals surface area contributed by atoms with Crippen molar-refractivity contribution >= 4 is 0 Å². The zero-order chi connectivity index (χ0) is 18.2. The molecule has 0 aliphatic rings. The maximum absolute atomic E-state index is 14.0. The molecule has 2 aromatic rings. The molecule has 2 N–H and O–H groups in total. The molecule has 2 rings (SSSR count). The van der Waals surface area contributed by atoms with E-state index in [0.717, 1.165) is 22.6 Å². The average Bonchev–Trinajstić information content (AvgIpc) is 2.62. The normalized spacial score (nSPS) is 11.9. The van der Waals surface area contributed by atoms with Crippen molar-refractivity contribution in [1.29, 1.82) is 0 Å². The summed E-state index contributed by atoms with van der Waals surface area (Å²) < 4.78 is 30.2. The second-order valence-electron chi connectivity index (χ2n) is 5.68. The summed E-state index contributed by atoms with van der Waals surface area (Å²) in [4.78, 5) is 0. The standard InChI is InChI=1S/C20H26FNO3/c1-4-24-19-8-6-14(11-20(19)25-5-2)10-16(13-22)15-7-9-18(23-3)17(21)12-15/h6-9,11-12,16H,4-5,10,13,22H2,1-3H3. The van der Waals surface area contributed by atoms with E-state index in [4.69, 9.17) is 19.9 Å². The van der Waals surface area contributed by atoms with Gasteiger partial charge in [0.05, 0.1) is 20.3 Å². The van der Waals surface area contributed by atoms with Gasteiger partial charge in [0.2, 0.25) is 0 Å². The summed E-state index contributed by atoms with van der Waals surface area (Å²) in [6, 6.07) is 10.9. The van der Waals surface area contributed by atoms with Crippen LogP contribution in [-0.4, -0.2) is 26.9 Å². The SMILES string of the molecule is CCOc1ccc(CC(CN)c2ccc(OC)c(F)c2)cc1OCC. The molecule has 0 aliphatic carbocycles. The Bertz CT molecular complexity index is 691. The quantitative estimate of drug-likeness (QED) is 0.747. The molecule has 136 valence electrons. The van der Waals surface area contributed by atoms with E-state index in [1.807, 2.05) is 38.1 Å². The predicted molar refractivity (Wildman–Crippen MR) is 97.2 cm³/mol. The fraction of sp³-hybridized carbons (Fsp3) is 0.400. The highest BCUT2D eigenvalue weighted by Crippen LogP contribution is 2.31. The largest absolute Gasteiger partial charge is 0.494 e. The van der Waals surface area contributed by atoms with Gasteiger partial charge in [0.25, 0.3) is 0 Å². The maximum atomic E-state index is 14.0. The van der Waals surface area contributed by atoms with Crippen molar-refractivity contribution in [2.24, 2.45) is 5.73 Å². The van der Waals surface area contributed by atoms with Crippen LogP contribution in [0.3, 0.4) is 0 Å². The van der Waals surface area contributed by atoms with Crippen LogP contribution in [0.25, 0.3) is 0 Å². The van der Waals surface area contributed by atoms with E-state index in [1.54, 1.807) is 6.07 Å². The molecule has 1 unspecified atom stereocenters. The minimum absolute atomic E-state index is 0.00725. The van der Waals surface area contributed by atoms with Gasteiger partial charge in [0.15, 0.2) is 23.1 Å². The topological polar surface area (TPSA) is 53.7 Å². The first kappa shape index (κ1) is 19.1. The molecule has 0 aliphatic heterocycles. The zero-order valence-corrected chi connectivity index (χ0v) is 15.0. The van der Waals surface area contributed by atoms with Crippen molar-refractivity contribution in [3.8, 4) is 17.2 Å². The first-order valence-corrected chi connectivity index (χ1v) is 8.54. The molecular weight excluding hydrogens is 321 g/mol. The molecule has 0 aromatic heterocycles. The van der Waals surface area contributed by atoms with E-state index in [9.17, 15) is 4.39 Å². The fourth-order valence-corrected chi connectivity index (χ4v) is 2.78. The molecule has 25 heavy (non-hydrogen) atoms. The number of hydrogen-bond donors (Lipinski definition) is 1. The third-order valence-corrected chi connectivity index (χ3v) is 4.02. The highest BCUT2D eigenvalue weighted by Gasteiger charge is 2.15. The van der Waals surface area contributed by atoms with Crippen molar-refractivity contribution in [2.75, 3.05) is 26.9 Å². The lowest BCUT2D eigenvalue weighted by atomic mass is 9.91. The summed E-state index contributed by atoms with van der Waals surface area (Å²) in [5, 5.41) is 0. The molecule has 0 saturated carbocycles. The molecule has 4 nitrogen and oxygen atoms in total. The van der Waals surface area contributed by atoms with Crippen molar-refractivity contribution in [3.05, 3.63) is 53.3 Å². The number of rotatable bonds is 9. The van der Waals surface area contributed by atoms with Crippen LogP contribution in [0.1, 0.15) is 30.9 Å². The van der Waals surface area contributed by atoms with E-state index < -0.39 is 0 Å². The number of methoxy groups -OCH3 is 1. The summed E-state index contributed by atoms with van der Waals surface area (Å²) in [6.45, 7) is 5.43. The Morgan fingerprint density at radius 3 is 2.24 bits per heavy atom. The Balaban J connectivity index is 2.23.